The average molecular weight is 297 g/mol. The number of hydrogen-bond donors (Lipinski definition) is 2. The van der Waals surface area contributed by atoms with Gasteiger partial charge in [-0.15, -0.1) is 12.4 Å². The molecule has 3 nitrogen and oxygen atoms in total. The summed E-state index contributed by atoms with van der Waals surface area (Å²) in [5.41, 5.74) is 8.53. The van der Waals surface area contributed by atoms with Gasteiger partial charge in [-0.25, -0.2) is 0 Å². The van der Waals surface area contributed by atoms with Gasteiger partial charge in [-0.2, -0.15) is 0 Å². The highest BCUT2D eigenvalue weighted by atomic mass is 35.5. The van der Waals surface area contributed by atoms with Crippen LogP contribution in [-0.4, -0.2) is 24.3 Å². The Kier molecular flexibility index (Phi) is 5.30. The van der Waals surface area contributed by atoms with Crippen LogP contribution in [0.2, 0.25) is 0 Å². The maximum absolute atomic E-state index is 10.2. The minimum absolute atomic E-state index is 0. The maximum atomic E-state index is 10.2. The number of halogens is 1. The predicted molar refractivity (Wildman–Crippen MR) is 85.4 cm³/mol. The SMILES string of the molecule is Cl.N[C@@H](c1ccc(N2CCCC2)cc1)[C@H](O)C1CCC1. The van der Waals surface area contributed by atoms with Crippen molar-refractivity contribution in [3.8, 4) is 0 Å². The molecule has 0 spiro atoms. The lowest BCUT2D eigenvalue weighted by molar-refractivity contribution is 0.0414. The Bertz CT molecular complexity index is 413. The highest BCUT2D eigenvalue weighted by Crippen LogP contribution is 2.34. The van der Waals surface area contributed by atoms with Gasteiger partial charge in [-0.05, 0) is 49.3 Å². The number of nitrogens with zero attached hydrogens (tertiary/aromatic N) is 1. The summed E-state index contributed by atoms with van der Waals surface area (Å²) >= 11 is 0. The molecule has 2 atom stereocenters. The fourth-order valence-electron chi connectivity index (χ4n) is 3.15. The lowest BCUT2D eigenvalue weighted by Crippen LogP contribution is -2.36. The maximum Gasteiger partial charge on any atom is 0.0760 e. The van der Waals surface area contributed by atoms with Crippen LogP contribution < -0.4 is 10.6 Å². The molecule has 0 unspecified atom stereocenters. The summed E-state index contributed by atoms with van der Waals surface area (Å²) in [4.78, 5) is 2.41. The first-order valence-corrected chi connectivity index (χ1v) is 7.54. The Morgan fingerprint density at radius 3 is 2.15 bits per heavy atom. The molecule has 0 radical (unpaired) electrons. The smallest absolute Gasteiger partial charge is 0.0760 e. The molecule has 2 fully saturated rings. The van der Waals surface area contributed by atoms with E-state index in [0.29, 0.717) is 5.92 Å². The van der Waals surface area contributed by atoms with E-state index < -0.39 is 0 Å². The lowest BCUT2D eigenvalue weighted by atomic mass is 9.77. The van der Waals surface area contributed by atoms with E-state index in [1.165, 1.54) is 24.9 Å². The number of aliphatic hydroxyl groups excluding tert-OH is 1. The zero-order chi connectivity index (χ0) is 13.2. The normalized spacial score (nSPS) is 22.0. The van der Waals surface area contributed by atoms with Gasteiger partial charge in [0.05, 0.1) is 12.1 Å². The summed E-state index contributed by atoms with van der Waals surface area (Å²) in [5, 5.41) is 10.2. The summed E-state index contributed by atoms with van der Waals surface area (Å²) in [6, 6.07) is 8.22. The zero-order valence-electron chi connectivity index (χ0n) is 11.9. The fourth-order valence-corrected chi connectivity index (χ4v) is 3.15. The molecule has 0 amide bonds. The minimum atomic E-state index is -0.383. The van der Waals surface area contributed by atoms with Crippen molar-refractivity contribution in [2.45, 2.75) is 44.2 Å². The Morgan fingerprint density at radius 2 is 1.65 bits per heavy atom. The zero-order valence-corrected chi connectivity index (χ0v) is 12.7. The standard InChI is InChI=1S/C16H24N2O.ClH/c17-15(16(19)13-4-3-5-13)12-6-8-14(9-7-12)18-10-1-2-11-18;/h6-9,13,15-16,19H,1-5,10-11,17H2;1H/t15-,16+;/m0./s1. The van der Waals surface area contributed by atoms with Crippen molar-refractivity contribution < 1.29 is 5.11 Å². The molecule has 1 aromatic rings. The minimum Gasteiger partial charge on any atom is -0.391 e. The van der Waals surface area contributed by atoms with Crippen LogP contribution in [0.1, 0.15) is 43.7 Å². The van der Waals surface area contributed by atoms with Crippen molar-refractivity contribution in [2.75, 3.05) is 18.0 Å². The number of aliphatic hydroxyl groups is 1. The van der Waals surface area contributed by atoms with Crippen LogP contribution in [0.4, 0.5) is 5.69 Å². The van der Waals surface area contributed by atoms with Crippen LogP contribution in [-0.2, 0) is 0 Å². The Balaban J connectivity index is 0.00000147. The first kappa shape index (κ1) is 15.6. The first-order valence-electron chi connectivity index (χ1n) is 7.54. The van der Waals surface area contributed by atoms with Crippen LogP contribution in [0.15, 0.2) is 24.3 Å². The first-order chi connectivity index (χ1) is 9.25. The molecule has 1 heterocycles. The molecule has 2 aliphatic rings. The molecule has 0 aromatic heterocycles. The molecule has 1 saturated heterocycles. The monoisotopic (exact) mass is 296 g/mol. The molecular weight excluding hydrogens is 272 g/mol. The van der Waals surface area contributed by atoms with E-state index in [9.17, 15) is 5.11 Å². The summed E-state index contributed by atoms with van der Waals surface area (Å²) < 4.78 is 0. The Morgan fingerprint density at radius 1 is 1.05 bits per heavy atom. The third-order valence-corrected chi connectivity index (χ3v) is 4.75. The van der Waals surface area contributed by atoms with Crippen molar-refractivity contribution in [2.24, 2.45) is 11.7 Å². The lowest BCUT2D eigenvalue weighted by Gasteiger charge is -2.34. The van der Waals surface area contributed by atoms with Gasteiger partial charge in [0.15, 0.2) is 0 Å². The molecule has 20 heavy (non-hydrogen) atoms. The topological polar surface area (TPSA) is 49.5 Å². The van der Waals surface area contributed by atoms with E-state index >= 15 is 0 Å². The number of anilines is 1. The highest BCUT2D eigenvalue weighted by Gasteiger charge is 2.30. The quantitative estimate of drug-likeness (QED) is 0.898. The van der Waals surface area contributed by atoms with Crippen LogP contribution in [0, 0.1) is 5.92 Å². The Hall–Kier alpha value is -0.770. The molecule has 1 aliphatic heterocycles. The number of hydrogen-bond acceptors (Lipinski definition) is 3. The van der Waals surface area contributed by atoms with Gasteiger partial charge in [0.2, 0.25) is 0 Å². The van der Waals surface area contributed by atoms with E-state index in [-0.39, 0.29) is 24.6 Å². The van der Waals surface area contributed by atoms with E-state index in [2.05, 4.69) is 29.2 Å². The van der Waals surface area contributed by atoms with Gasteiger partial charge in [0, 0.05) is 18.8 Å². The summed E-state index contributed by atoms with van der Waals surface area (Å²) in [6.45, 7) is 2.33. The van der Waals surface area contributed by atoms with E-state index in [0.717, 1.165) is 31.5 Å². The predicted octanol–water partition coefficient (Wildman–Crippen LogP) is 2.87. The van der Waals surface area contributed by atoms with E-state index in [4.69, 9.17) is 5.73 Å². The number of nitrogens with two attached hydrogens (primary N) is 1. The number of rotatable bonds is 4. The van der Waals surface area contributed by atoms with E-state index in [1.54, 1.807) is 0 Å². The molecule has 1 aliphatic carbocycles. The summed E-state index contributed by atoms with van der Waals surface area (Å²) in [7, 11) is 0. The number of benzene rings is 1. The fraction of sp³-hybridized carbons (Fsp3) is 0.625. The van der Waals surface area contributed by atoms with Gasteiger partial charge >= 0.3 is 0 Å². The average Bonchev–Trinajstić information content (AvgIpc) is 2.90. The molecule has 1 aromatic carbocycles. The van der Waals surface area contributed by atoms with Crippen LogP contribution in [0.3, 0.4) is 0 Å². The summed E-state index contributed by atoms with van der Waals surface area (Å²) in [5.74, 6) is 0.410. The second kappa shape index (κ2) is 6.79. The van der Waals surface area contributed by atoms with Crippen LogP contribution >= 0.6 is 12.4 Å². The van der Waals surface area contributed by atoms with Gasteiger partial charge in [-0.3, -0.25) is 0 Å². The van der Waals surface area contributed by atoms with Crippen molar-refractivity contribution in [3.05, 3.63) is 29.8 Å². The van der Waals surface area contributed by atoms with Gasteiger partial charge < -0.3 is 15.7 Å². The van der Waals surface area contributed by atoms with Gasteiger partial charge in [0.25, 0.3) is 0 Å². The molecule has 112 valence electrons. The molecule has 3 rings (SSSR count). The van der Waals surface area contributed by atoms with Gasteiger partial charge in [-0.1, -0.05) is 18.6 Å². The van der Waals surface area contributed by atoms with Crippen molar-refractivity contribution in [1.82, 2.24) is 0 Å². The third-order valence-electron chi connectivity index (χ3n) is 4.75. The molecule has 4 heteroatoms. The van der Waals surface area contributed by atoms with E-state index in [1.807, 2.05) is 0 Å². The van der Waals surface area contributed by atoms with Crippen LogP contribution in [0.5, 0.6) is 0 Å². The Labute approximate surface area is 127 Å². The van der Waals surface area contributed by atoms with Crippen molar-refractivity contribution in [3.63, 3.8) is 0 Å². The van der Waals surface area contributed by atoms with Gasteiger partial charge in [0.1, 0.15) is 0 Å². The highest BCUT2D eigenvalue weighted by molar-refractivity contribution is 5.85. The summed E-state index contributed by atoms with van der Waals surface area (Å²) in [6.07, 6.45) is 5.69. The molecular formula is C16H25ClN2O. The molecule has 1 saturated carbocycles. The van der Waals surface area contributed by atoms with Crippen LogP contribution in [0.25, 0.3) is 0 Å². The molecule has 3 N–H and O–H groups in total. The second-order valence-electron chi connectivity index (χ2n) is 5.99. The second-order valence-corrected chi connectivity index (χ2v) is 5.99. The molecule has 0 bridgehead atoms. The third kappa shape index (κ3) is 3.11. The van der Waals surface area contributed by atoms with Crippen molar-refractivity contribution >= 4 is 18.1 Å². The van der Waals surface area contributed by atoms with Crippen molar-refractivity contribution in [1.29, 1.82) is 0 Å². The largest absolute Gasteiger partial charge is 0.391 e.